The Kier molecular flexibility index (Phi) is 5.59. The highest BCUT2D eigenvalue weighted by Crippen LogP contribution is 2.61. The molecule has 0 radical (unpaired) electrons. The Labute approximate surface area is 205 Å². The van der Waals surface area contributed by atoms with E-state index in [9.17, 15) is 9.59 Å². The first kappa shape index (κ1) is 22.0. The maximum Gasteiger partial charge on any atom is 0.227 e. The third kappa shape index (κ3) is 4.33. The van der Waals surface area contributed by atoms with Crippen LogP contribution in [0.5, 0.6) is 0 Å². The third-order valence-electron chi connectivity index (χ3n) is 8.59. The van der Waals surface area contributed by atoms with Crippen molar-refractivity contribution in [3.63, 3.8) is 0 Å². The first-order valence-corrected chi connectivity index (χ1v) is 13.0. The van der Waals surface area contributed by atoms with Crippen molar-refractivity contribution in [2.75, 3.05) is 11.9 Å². The summed E-state index contributed by atoms with van der Waals surface area (Å²) in [5.41, 5.74) is 2.95. The molecule has 0 spiro atoms. The van der Waals surface area contributed by atoms with E-state index in [1.807, 2.05) is 17.0 Å². The van der Waals surface area contributed by atoms with Gasteiger partial charge in [0.05, 0.1) is 18.7 Å². The molecule has 4 bridgehead atoms. The van der Waals surface area contributed by atoms with Crippen LogP contribution in [0.25, 0.3) is 0 Å². The predicted molar refractivity (Wildman–Crippen MR) is 130 cm³/mol. The minimum atomic E-state index is 0.0685. The molecule has 5 aliphatic rings. The van der Waals surface area contributed by atoms with Crippen molar-refractivity contribution in [3.8, 4) is 0 Å². The molecule has 7 heteroatoms. The zero-order valence-corrected chi connectivity index (χ0v) is 20.2. The van der Waals surface area contributed by atoms with Gasteiger partial charge in [-0.1, -0.05) is 23.7 Å². The van der Waals surface area contributed by atoms with Gasteiger partial charge >= 0.3 is 0 Å². The Morgan fingerprint density at radius 1 is 1.03 bits per heavy atom. The molecule has 6 nitrogen and oxygen atoms in total. The van der Waals surface area contributed by atoms with Gasteiger partial charge in [0.15, 0.2) is 0 Å². The number of nitrogens with one attached hydrogen (secondary N) is 1. The van der Waals surface area contributed by atoms with Crippen molar-refractivity contribution >= 4 is 29.2 Å². The second kappa shape index (κ2) is 8.63. The number of benzene rings is 1. The van der Waals surface area contributed by atoms with Crippen LogP contribution < -0.4 is 5.32 Å². The lowest BCUT2D eigenvalue weighted by molar-refractivity contribution is -0.131. The number of hydrogen-bond acceptors (Lipinski definition) is 4. The van der Waals surface area contributed by atoms with Crippen molar-refractivity contribution in [2.45, 2.75) is 64.3 Å². The fourth-order valence-electron chi connectivity index (χ4n) is 7.59. The second-order valence-corrected chi connectivity index (χ2v) is 11.6. The summed E-state index contributed by atoms with van der Waals surface area (Å²) in [4.78, 5) is 36.7. The summed E-state index contributed by atoms with van der Waals surface area (Å²) in [6.07, 6.45) is 10.9. The number of aromatic nitrogens is 2. The maximum atomic E-state index is 13.1. The fourth-order valence-corrected chi connectivity index (χ4v) is 7.71. The molecule has 0 saturated heterocycles. The number of carbonyl (C=O) groups excluding carboxylic acids is 2. The van der Waals surface area contributed by atoms with Crippen LogP contribution in [0.3, 0.4) is 0 Å². The topological polar surface area (TPSA) is 75.2 Å². The van der Waals surface area contributed by atoms with Gasteiger partial charge in [0.2, 0.25) is 11.8 Å². The van der Waals surface area contributed by atoms with Crippen LogP contribution in [0.15, 0.2) is 30.6 Å². The highest BCUT2D eigenvalue weighted by Gasteiger charge is 2.51. The van der Waals surface area contributed by atoms with Crippen molar-refractivity contribution in [3.05, 3.63) is 52.4 Å². The van der Waals surface area contributed by atoms with Crippen molar-refractivity contribution in [2.24, 2.45) is 23.2 Å². The Hall–Kier alpha value is -2.47. The van der Waals surface area contributed by atoms with E-state index in [0.717, 1.165) is 34.6 Å². The lowest BCUT2D eigenvalue weighted by Gasteiger charge is -2.56. The van der Waals surface area contributed by atoms with Gasteiger partial charge < -0.3 is 10.2 Å². The van der Waals surface area contributed by atoms with E-state index >= 15 is 0 Å². The molecule has 2 heterocycles. The first-order valence-electron chi connectivity index (χ1n) is 12.6. The van der Waals surface area contributed by atoms with E-state index in [4.69, 9.17) is 11.6 Å². The van der Waals surface area contributed by atoms with Crippen LogP contribution in [0.1, 0.15) is 61.8 Å². The Morgan fingerprint density at radius 3 is 2.38 bits per heavy atom. The van der Waals surface area contributed by atoms with Crippen LogP contribution >= 0.6 is 11.6 Å². The quantitative estimate of drug-likeness (QED) is 0.669. The summed E-state index contributed by atoms with van der Waals surface area (Å²) in [7, 11) is 0. The molecule has 1 aromatic heterocycles. The van der Waals surface area contributed by atoms with E-state index < -0.39 is 0 Å². The van der Waals surface area contributed by atoms with Gasteiger partial charge in [0.1, 0.15) is 12.1 Å². The number of anilines is 1. The van der Waals surface area contributed by atoms with Gasteiger partial charge in [0.25, 0.3) is 0 Å². The largest absolute Gasteiger partial charge is 0.336 e. The summed E-state index contributed by atoms with van der Waals surface area (Å²) >= 11 is 5.95. The predicted octanol–water partition coefficient (Wildman–Crippen LogP) is 4.80. The number of halogens is 1. The lowest BCUT2D eigenvalue weighted by Crippen LogP contribution is -2.47. The van der Waals surface area contributed by atoms with E-state index in [0.29, 0.717) is 43.2 Å². The molecular formula is C27H31ClN4O2. The fraction of sp³-hybridized carbons (Fsp3) is 0.556. The second-order valence-electron chi connectivity index (χ2n) is 11.2. The molecule has 1 N–H and O–H groups in total. The van der Waals surface area contributed by atoms with E-state index in [2.05, 4.69) is 15.3 Å². The minimum Gasteiger partial charge on any atom is -0.336 e. The Balaban J connectivity index is 1.11. The lowest BCUT2D eigenvalue weighted by atomic mass is 9.49. The van der Waals surface area contributed by atoms with Gasteiger partial charge in [-0.3, -0.25) is 9.59 Å². The number of hydrogen-bond donors (Lipinski definition) is 1. The van der Waals surface area contributed by atoms with Crippen LogP contribution in [0.2, 0.25) is 5.02 Å². The number of nitrogens with zero attached hydrogens (tertiary/aromatic N) is 3. The standard InChI is InChI=1S/C27H31ClN4O2/c28-21-3-1-17(2-4-21)10-25(34)32-6-5-22-23(15-32)29-16-30-26(22)31-24(33)14-27-11-18-7-19(12-27)9-20(8-18)13-27/h1-4,16,18-20H,5-15H2,(H,29,30,31,33). The highest BCUT2D eigenvalue weighted by molar-refractivity contribution is 6.30. The van der Waals surface area contributed by atoms with Gasteiger partial charge in [-0.25, -0.2) is 9.97 Å². The van der Waals surface area contributed by atoms with Crippen molar-refractivity contribution in [1.29, 1.82) is 0 Å². The molecule has 4 saturated carbocycles. The molecule has 1 aromatic carbocycles. The van der Waals surface area contributed by atoms with Crippen LogP contribution in [0.4, 0.5) is 5.82 Å². The molecule has 2 amide bonds. The molecule has 0 atom stereocenters. The van der Waals surface area contributed by atoms with Crippen LogP contribution in [-0.2, 0) is 29.0 Å². The van der Waals surface area contributed by atoms with E-state index in [1.165, 1.54) is 44.9 Å². The van der Waals surface area contributed by atoms with Gasteiger partial charge in [0, 0.05) is 23.6 Å². The molecule has 7 rings (SSSR count). The number of fused-ring (bicyclic) bond motifs is 1. The zero-order valence-electron chi connectivity index (χ0n) is 19.4. The van der Waals surface area contributed by atoms with Crippen LogP contribution in [-0.4, -0.2) is 33.2 Å². The Bertz CT molecular complexity index is 1080. The molecule has 4 fully saturated rings. The summed E-state index contributed by atoms with van der Waals surface area (Å²) in [6.45, 7) is 1.05. The third-order valence-corrected chi connectivity index (χ3v) is 8.84. The van der Waals surface area contributed by atoms with Crippen LogP contribution in [0, 0.1) is 23.2 Å². The monoisotopic (exact) mass is 478 g/mol. The maximum absolute atomic E-state index is 13.1. The number of rotatable bonds is 5. The van der Waals surface area contributed by atoms with Gasteiger partial charge in [-0.15, -0.1) is 0 Å². The molecular weight excluding hydrogens is 448 g/mol. The molecule has 178 valence electrons. The van der Waals surface area contributed by atoms with Crippen molar-refractivity contribution < 1.29 is 9.59 Å². The molecule has 0 unspecified atom stereocenters. The van der Waals surface area contributed by atoms with Gasteiger partial charge in [-0.2, -0.15) is 0 Å². The molecule has 2 aromatic rings. The van der Waals surface area contributed by atoms with Crippen molar-refractivity contribution in [1.82, 2.24) is 14.9 Å². The molecule has 34 heavy (non-hydrogen) atoms. The van der Waals surface area contributed by atoms with E-state index in [-0.39, 0.29) is 17.2 Å². The zero-order chi connectivity index (χ0) is 23.3. The first-order chi connectivity index (χ1) is 16.4. The average Bonchev–Trinajstić information content (AvgIpc) is 2.79. The number of carbonyl (C=O) groups is 2. The average molecular weight is 479 g/mol. The van der Waals surface area contributed by atoms with Gasteiger partial charge in [-0.05, 0) is 85.8 Å². The molecule has 1 aliphatic heterocycles. The normalized spacial score (nSPS) is 29.1. The minimum absolute atomic E-state index is 0.0685. The highest BCUT2D eigenvalue weighted by atomic mass is 35.5. The summed E-state index contributed by atoms with van der Waals surface area (Å²) in [6, 6.07) is 7.39. The van der Waals surface area contributed by atoms with E-state index in [1.54, 1.807) is 12.1 Å². The summed E-state index contributed by atoms with van der Waals surface area (Å²) < 4.78 is 0. The SMILES string of the molecule is O=C(CC12CC3CC(CC(C3)C1)C2)Nc1ncnc2c1CCN(C(=O)Cc1ccc(Cl)cc1)C2. The Morgan fingerprint density at radius 2 is 1.71 bits per heavy atom. The smallest absolute Gasteiger partial charge is 0.227 e. The molecule has 4 aliphatic carbocycles. The number of amides is 2. The summed E-state index contributed by atoms with van der Waals surface area (Å²) in [5.74, 6) is 3.29. The summed E-state index contributed by atoms with van der Waals surface area (Å²) in [5, 5.41) is 3.79.